The van der Waals surface area contributed by atoms with Crippen molar-refractivity contribution in [2.24, 2.45) is 11.8 Å². The number of hydrogen-bond donors (Lipinski definition) is 1. The third-order valence-corrected chi connectivity index (χ3v) is 11.7. The van der Waals surface area contributed by atoms with E-state index in [-0.39, 0.29) is 37.4 Å². The van der Waals surface area contributed by atoms with Crippen LogP contribution in [0.25, 0.3) is 0 Å². The summed E-state index contributed by atoms with van der Waals surface area (Å²) in [5.74, 6) is -1.27. The molecule has 1 spiro atoms. The zero-order valence-corrected chi connectivity index (χ0v) is 27.8. The molecule has 0 aromatic heterocycles. The van der Waals surface area contributed by atoms with E-state index in [4.69, 9.17) is 4.74 Å². The second kappa shape index (κ2) is 12.7. The molecule has 2 aromatic carbocycles. The third kappa shape index (κ3) is 5.37. The maximum atomic E-state index is 14.9. The Morgan fingerprint density at radius 3 is 2.38 bits per heavy atom. The molecule has 0 saturated carbocycles. The first-order valence-corrected chi connectivity index (χ1v) is 16.6. The highest BCUT2D eigenvalue weighted by atomic mass is 32.2. The van der Waals surface area contributed by atoms with E-state index in [0.29, 0.717) is 30.9 Å². The molecule has 5 rings (SSSR count). The van der Waals surface area contributed by atoms with Crippen LogP contribution < -0.4 is 14.5 Å². The van der Waals surface area contributed by atoms with Gasteiger partial charge >= 0.3 is 0 Å². The molecule has 0 radical (unpaired) electrons. The summed E-state index contributed by atoms with van der Waals surface area (Å²) in [6.07, 6.45) is 4.70. The van der Waals surface area contributed by atoms with Crippen molar-refractivity contribution in [3.8, 4) is 5.75 Å². The Bertz CT molecular complexity index is 1490. The van der Waals surface area contributed by atoms with Gasteiger partial charge in [-0.2, -0.15) is 0 Å². The van der Waals surface area contributed by atoms with Gasteiger partial charge in [0.1, 0.15) is 11.8 Å². The fourth-order valence-corrected chi connectivity index (χ4v) is 10.0. The molecule has 9 heteroatoms. The number of aryl methyl sites for hydroxylation is 2. The normalized spacial score (nSPS) is 27.2. The van der Waals surface area contributed by atoms with Crippen LogP contribution in [0.5, 0.6) is 5.75 Å². The maximum Gasteiger partial charge on any atom is 0.251 e. The number of hydrogen-bond acceptors (Lipinski definition) is 6. The Morgan fingerprint density at radius 1 is 1.09 bits per heavy atom. The van der Waals surface area contributed by atoms with Crippen LogP contribution in [0.3, 0.4) is 0 Å². The number of carbonyl (C=O) groups is 3. The van der Waals surface area contributed by atoms with Crippen molar-refractivity contribution in [2.45, 2.75) is 69.0 Å². The molecule has 3 aliphatic heterocycles. The van der Waals surface area contributed by atoms with Gasteiger partial charge in [0.2, 0.25) is 11.8 Å². The molecular weight excluding hydrogens is 586 g/mol. The first-order chi connectivity index (χ1) is 21.5. The number of fused-ring (bicyclic) bond motifs is 1. The van der Waals surface area contributed by atoms with Crippen molar-refractivity contribution in [1.29, 1.82) is 0 Å². The average Bonchev–Trinajstić information content (AvgIpc) is 3.60. The molecule has 1 N–H and O–H groups in total. The Balaban J connectivity index is 1.59. The van der Waals surface area contributed by atoms with E-state index in [2.05, 4.69) is 20.1 Å². The third-order valence-electron chi connectivity index (χ3n) is 9.72. The predicted molar refractivity (Wildman–Crippen MR) is 181 cm³/mol. The number of anilines is 2. The number of amides is 3. The molecule has 3 saturated heterocycles. The lowest BCUT2D eigenvalue weighted by molar-refractivity contribution is -0.142. The summed E-state index contributed by atoms with van der Waals surface area (Å²) in [4.78, 5) is 49.2. The van der Waals surface area contributed by atoms with Crippen LogP contribution in [0, 0.1) is 25.7 Å². The molecule has 2 unspecified atom stereocenters. The Labute approximate surface area is 271 Å². The van der Waals surface area contributed by atoms with Gasteiger partial charge in [0.05, 0.1) is 35.8 Å². The fourth-order valence-electron chi connectivity index (χ4n) is 7.68. The molecular formula is C36H45N3O5S. The zero-order valence-electron chi connectivity index (χ0n) is 27.0. The molecule has 45 heavy (non-hydrogen) atoms. The summed E-state index contributed by atoms with van der Waals surface area (Å²) in [5.41, 5.74) is 3.42. The molecule has 2 aromatic rings. The second-order valence-corrected chi connectivity index (χ2v) is 14.6. The Morgan fingerprint density at radius 2 is 1.76 bits per heavy atom. The monoisotopic (exact) mass is 631 g/mol. The molecule has 3 aliphatic rings. The van der Waals surface area contributed by atoms with Gasteiger partial charge in [-0.15, -0.1) is 24.9 Å². The Kier molecular flexibility index (Phi) is 9.25. The van der Waals surface area contributed by atoms with E-state index in [9.17, 15) is 19.5 Å². The second-order valence-electron chi connectivity index (χ2n) is 12.7. The van der Waals surface area contributed by atoms with Gasteiger partial charge in [-0.3, -0.25) is 14.4 Å². The molecule has 3 amide bonds. The van der Waals surface area contributed by atoms with Crippen LogP contribution in [0.2, 0.25) is 0 Å². The summed E-state index contributed by atoms with van der Waals surface area (Å²) in [6.45, 7) is 18.3. The number of aliphatic hydroxyl groups excluding tert-OH is 1. The Hall–Kier alpha value is -3.56. The summed E-state index contributed by atoms with van der Waals surface area (Å²) >= 11 is 1.63. The van der Waals surface area contributed by atoms with Gasteiger partial charge < -0.3 is 24.5 Å². The molecule has 3 heterocycles. The standard InChI is InChI=1S/C36H45N3O5S/c1-8-19-37(26-13-15-27(16-14-26)44-10-3)32(41)29-30-33(42)39(25(6)22-40)31(36(30)18-17-35(29,7)45-36)34(43)38(20-9-2)28-21-23(4)11-12-24(28)5/h8-9,11-16,21,25,29-31,40H,1-2,10,17-20,22H2,3-7H3/t25-,29+,30+,31?,35-,36?/m1/s1. The number of thioether (sulfide) groups is 1. The van der Waals surface area contributed by atoms with E-state index >= 15 is 0 Å². The molecule has 240 valence electrons. The van der Waals surface area contributed by atoms with Gasteiger partial charge in [0, 0.05) is 29.2 Å². The lowest BCUT2D eigenvalue weighted by atomic mass is 9.66. The molecule has 2 bridgehead atoms. The number of likely N-dealkylation sites (tertiary alicyclic amines) is 1. The highest BCUT2D eigenvalue weighted by molar-refractivity contribution is 8.02. The minimum Gasteiger partial charge on any atom is -0.494 e. The largest absolute Gasteiger partial charge is 0.494 e. The predicted octanol–water partition coefficient (Wildman–Crippen LogP) is 5.30. The van der Waals surface area contributed by atoms with Crippen molar-refractivity contribution in [1.82, 2.24) is 4.90 Å². The number of ether oxygens (including phenoxy) is 1. The highest BCUT2D eigenvalue weighted by Gasteiger charge is 2.78. The summed E-state index contributed by atoms with van der Waals surface area (Å²) < 4.78 is 4.25. The van der Waals surface area contributed by atoms with Crippen LogP contribution in [0.15, 0.2) is 67.8 Å². The average molecular weight is 632 g/mol. The summed E-state index contributed by atoms with van der Waals surface area (Å²) in [7, 11) is 0. The lowest BCUT2D eigenvalue weighted by Gasteiger charge is -2.39. The zero-order chi connectivity index (χ0) is 32.7. The van der Waals surface area contributed by atoms with E-state index < -0.39 is 33.4 Å². The van der Waals surface area contributed by atoms with Crippen LogP contribution in [-0.4, -0.2) is 75.6 Å². The number of benzene rings is 2. The minimum absolute atomic E-state index is 0.156. The summed E-state index contributed by atoms with van der Waals surface area (Å²) in [5, 5.41) is 10.3. The number of carbonyl (C=O) groups excluding carboxylic acids is 3. The van der Waals surface area contributed by atoms with Gasteiger partial charge in [0.25, 0.3) is 5.91 Å². The quantitative estimate of drug-likeness (QED) is 0.320. The molecule has 6 atom stereocenters. The van der Waals surface area contributed by atoms with Crippen molar-refractivity contribution in [2.75, 3.05) is 36.1 Å². The van der Waals surface area contributed by atoms with E-state index in [0.717, 1.165) is 16.8 Å². The lowest BCUT2D eigenvalue weighted by Crippen LogP contribution is -2.57. The summed E-state index contributed by atoms with van der Waals surface area (Å²) in [6, 6.07) is 11.9. The molecule has 8 nitrogen and oxygen atoms in total. The first kappa shape index (κ1) is 32.8. The van der Waals surface area contributed by atoms with E-state index in [1.807, 2.05) is 63.2 Å². The van der Waals surface area contributed by atoms with Crippen LogP contribution in [0.4, 0.5) is 11.4 Å². The van der Waals surface area contributed by atoms with Crippen molar-refractivity contribution in [3.05, 3.63) is 78.9 Å². The highest BCUT2D eigenvalue weighted by Crippen LogP contribution is 2.72. The molecule has 0 aliphatic carbocycles. The van der Waals surface area contributed by atoms with Crippen molar-refractivity contribution >= 4 is 40.9 Å². The van der Waals surface area contributed by atoms with Crippen LogP contribution in [-0.2, 0) is 14.4 Å². The number of aliphatic hydroxyl groups is 1. The van der Waals surface area contributed by atoms with Gasteiger partial charge in [-0.05, 0) is 88.9 Å². The smallest absolute Gasteiger partial charge is 0.251 e. The van der Waals surface area contributed by atoms with E-state index in [1.165, 1.54) is 0 Å². The van der Waals surface area contributed by atoms with Gasteiger partial charge in [-0.1, -0.05) is 24.3 Å². The van der Waals surface area contributed by atoms with Crippen molar-refractivity contribution in [3.63, 3.8) is 0 Å². The first-order valence-electron chi connectivity index (χ1n) is 15.8. The van der Waals surface area contributed by atoms with Crippen molar-refractivity contribution < 1.29 is 24.2 Å². The fraction of sp³-hybridized carbons (Fsp3) is 0.472. The van der Waals surface area contributed by atoms with E-state index in [1.54, 1.807) is 45.5 Å². The number of rotatable bonds is 12. The van der Waals surface area contributed by atoms with Crippen LogP contribution >= 0.6 is 11.8 Å². The topological polar surface area (TPSA) is 90.4 Å². The van der Waals surface area contributed by atoms with Crippen LogP contribution in [0.1, 0.15) is 44.7 Å². The maximum absolute atomic E-state index is 14.9. The molecule has 3 fully saturated rings. The number of nitrogens with zero attached hydrogens (tertiary/aromatic N) is 3. The van der Waals surface area contributed by atoms with Gasteiger partial charge in [0.15, 0.2) is 0 Å². The SMILES string of the molecule is C=CCN(C(=O)[C@@H]1[C@H]2C(=O)N([C@H](C)CO)C(C(=O)N(CC=C)c3cc(C)ccc3C)C23CC[C@@]1(C)S3)c1ccc(OCC)cc1. The van der Waals surface area contributed by atoms with Gasteiger partial charge in [-0.25, -0.2) is 0 Å². The minimum atomic E-state index is -0.847.